The van der Waals surface area contributed by atoms with Crippen molar-refractivity contribution in [2.45, 2.75) is 57.6 Å². The van der Waals surface area contributed by atoms with Crippen molar-refractivity contribution in [1.29, 1.82) is 5.26 Å². The minimum absolute atomic E-state index is 0.143. The van der Waals surface area contributed by atoms with Crippen LogP contribution < -0.4 is 0 Å². The molecule has 1 rings (SSSR count). The molecule has 1 saturated carbocycles. The van der Waals surface area contributed by atoms with Gasteiger partial charge in [-0.15, -0.1) is 0 Å². The topological polar surface area (TPSA) is 57.9 Å². The van der Waals surface area contributed by atoms with Crippen LogP contribution in [0, 0.1) is 16.7 Å². The Kier molecular flexibility index (Phi) is 3.69. The molecule has 1 aliphatic rings. The third-order valence-corrected chi connectivity index (χ3v) is 6.19. The van der Waals surface area contributed by atoms with Crippen molar-refractivity contribution in [3.63, 3.8) is 0 Å². The van der Waals surface area contributed by atoms with Gasteiger partial charge in [0.1, 0.15) is 0 Å². The molecule has 0 atom stereocenters. The van der Waals surface area contributed by atoms with Gasteiger partial charge in [0.05, 0.1) is 22.0 Å². The molecule has 0 aromatic carbocycles. The Bertz CT molecular complexity index is 378. The van der Waals surface area contributed by atoms with E-state index in [1.165, 1.54) is 0 Å². The lowest BCUT2D eigenvalue weighted by atomic mass is 9.85. The smallest absolute Gasteiger partial charge is 0.155 e. The van der Waals surface area contributed by atoms with Crippen LogP contribution in [0.3, 0.4) is 0 Å². The summed E-state index contributed by atoms with van der Waals surface area (Å²) in [6.07, 6.45) is 4.35. The minimum atomic E-state index is -3.08. The van der Waals surface area contributed by atoms with Crippen molar-refractivity contribution in [3.8, 4) is 6.07 Å². The number of hydrogen-bond acceptors (Lipinski definition) is 3. The van der Waals surface area contributed by atoms with Crippen LogP contribution in [0.5, 0.6) is 0 Å². The summed E-state index contributed by atoms with van der Waals surface area (Å²) in [6, 6.07) is 2.34. The molecule has 0 amide bonds. The normalized spacial score (nSPS) is 20.6. The molecule has 0 N–H and O–H groups in total. The molecule has 1 aliphatic carbocycles. The zero-order valence-electron chi connectivity index (χ0n) is 10.4. The minimum Gasteiger partial charge on any atom is -0.228 e. The Labute approximate surface area is 98.8 Å². The zero-order valence-corrected chi connectivity index (χ0v) is 11.2. The first-order valence-electron chi connectivity index (χ1n) is 5.86. The molecule has 1 fully saturated rings. The van der Waals surface area contributed by atoms with E-state index < -0.39 is 14.6 Å². The van der Waals surface area contributed by atoms with Gasteiger partial charge in [-0.25, -0.2) is 8.42 Å². The highest BCUT2D eigenvalue weighted by Crippen LogP contribution is 2.41. The number of nitrogens with zero attached hydrogens (tertiary/aromatic N) is 1. The van der Waals surface area contributed by atoms with Gasteiger partial charge in [-0.3, -0.25) is 0 Å². The van der Waals surface area contributed by atoms with E-state index in [1.807, 2.05) is 0 Å². The van der Waals surface area contributed by atoms with Gasteiger partial charge < -0.3 is 0 Å². The van der Waals surface area contributed by atoms with E-state index in [4.69, 9.17) is 0 Å². The van der Waals surface area contributed by atoms with E-state index in [1.54, 1.807) is 20.8 Å². The molecule has 92 valence electrons. The van der Waals surface area contributed by atoms with Crippen LogP contribution in [0.1, 0.15) is 52.9 Å². The van der Waals surface area contributed by atoms with Crippen LogP contribution >= 0.6 is 0 Å². The molecule has 16 heavy (non-hydrogen) atoms. The fourth-order valence-electron chi connectivity index (χ4n) is 2.11. The number of hydrogen-bond donors (Lipinski definition) is 0. The summed E-state index contributed by atoms with van der Waals surface area (Å²) < 4.78 is 23.2. The van der Waals surface area contributed by atoms with Gasteiger partial charge in [0, 0.05) is 0 Å². The molecule has 0 radical (unpaired) electrons. The fourth-order valence-corrected chi connectivity index (χ4v) is 3.38. The van der Waals surface area contributed by atoms with Crippen LogP contribution in [-0.2, 0) is 9.84 Å². The summed E-state index contributed by atoms with van der Waals surface area (Å²) in [6.45, 7) is 5.15. The molecule has 3 nitrogen and oxygen atoms in total. The third kappa shape index (κ3) is 2.76. The average Bonchev–Trinajstić information content (AvgIpc) is 2.62. The van der Waals surface area contributed by atoms with Crippen molar-refractivity contribution in [2.24, 2.45) is 5.41 Å². The van der Waals surface area contributed by atoms with E-state index in [-0.39, 0.29) is 11.2 Å². The standard InChI is InChI=1S/C12H21NO2S/c1-11(2,3)16(14,15)9-8-12(10-13)6-4-5-7-12/h4-9H2,1-3H3. The van der Waals surface area contributed by atoms with Crippen molar-refractivity contribution in [3.05, 3.63) is 0 Å². The van der Waals surface area contributed by atoms with Crippen molar-refractivity contribution >= 4 is 9.84 Å². The second kappa shape index (κ2) is 4.37. The zero-order chi connectivity index (χ0) is 12.4. The van der Waals surface area contributed by atoms with E-state index >= 15 is 0 Å². The van der Waals surface area contributed by atoms with Crippen molar-refractivity contribution in [1.82, 2.24) is 0 Å². The van der Waals surface area contributed by atoms with Crippen LogP contribution in [0.15, 0.2) is 0 Å². The maximum absolute atomic E-state index is 12.0. The molecular weight excluding hydrogens is 222 g/mol. The summed E-state index contributed by atoms with van der Waals surface area (Å²) in [7, 11) is -3.08. The molecular formula is C12H21NO2S. The molecule has 0 aliphatic heterocycles. The Morgan fingerprint density at radius 1 is 1.25 bits per heavy atom. The second-order valence-electron chi connectivity index (χ2n) is 5.78. The highest BCUT2D eigenvalue weighted by atomic mass is 32.2. The summed E-state index contributed by atoms with van der Waals surface area (Å²) >= 11 is 0. The largest absolute Gasteiger partial charge is 0.228 e. The van der Waals surface area contributed by atoms with Crippen LogP contribution in [0.2, 0.25) is 0 Å². The lowest BCUT2D eigenvalue weighted by Gasteiger charge is -2.24. The second-order valence-corrected chi connectivity index (χ2v) is 8.64. The number of sulfone groups is 1. The van der Waals surface area contributed by atoms with Gasteiger partial charge in [0.2, 0.25) is 0 Å². The van der Waals surface area contributed by atoms with Gasteiger partial charge in [0.15, 0.2) is 9.84 Å². The maximum Gasteiger partial charge on any atom is 0.155 e. The van der Waals surface area contributed by atoms with Gasteiger partial charge in [-0.2, -0.15) is 5.26 Å². The molecule has 0 aromatic rings. The monoisotopic (exact) mass is 243 g/mol. The number of nitriles is 1. The Morgan fingerprint density at radius 3 is 2.12 bits per heavy atom. The molecule has 0 unspecified atom stereocenters. The van der Waals surface area contributed by atoms with Gasteiger partial charge >= 0.3 is 0 Å². The summed E-state index contributed by atoms with van der Waals surface area (Å²) in [4.78, 5) is 0. The SMILES string of the molecule is CC(C)(C)S(=O)(=O)CCC1(C#N)CCCC1. The van der Waals surface area contributed by atoms with Crippen LogP contribution in [0.25, 0.3) is 0 Å². The lowest BCUT2D eigenvalue weighted by Crippen LogP contribution is -2.32. The highest BCUT2D eigenvalue weighted by Gasteiger charge is 2.37. The quantitative estimate of drug-likeness (QED) is 0.765. The Hall–Kier alpha value is -0.560. The lowest BCUT2D eigenvalue weighted by molar-refractivity contribution is 0.393. The Morgan fingerprint density at radius 2 is 1.75 bits per heavy atom. The molecule has 0 spiro atoms. The molecule has 0 saturated heterocycles. The average molecular weight is 243 g/mol. The Balaban J connectivity index is 2.68. The first-order valence-corrected chi connectivity index (χ1v) is 7.51. The fraction of sp³-hybridized carbons (Fsp3) is 0.917. The molecule has 0 heterocycles. The maximum atomic E-state index is 12.0. The predicted octanol–water partition coefficient (Wildman–Crippen LogP) is 2.67. The van der Waals surface area contributed by atoms with E-state index in [0.29, 0.717) is 6.42 Å². The van der Waals surface area contributed by atoms with E-state index in [2.05, 4.69) is 6.07 Å². The highest BCUT2D eigenvalue weighted by molar-refractivity contribution is 7.92. The van der Waals surface area contributed by atoms with Gasteiger partial charge in [0.25, 0.3) is 0 Å². The summed E-state index contributed by atoms with van der Waals surface area (Å²) in [5, 5.41) is 9.17. The first-order chi connectivity index (χ1) is 7.22. The van der Waals surface area contributed by atoms with Crippen molar-refractivity contribution < 1.29 is 8.42 Å². The van der Waals surface area contributed by atoms with Crippen molar-refractivity contribution in [2.75, 3.05) is 5.75 Å². The third-order valence-electron chi connectivity index (χ3n) is 3.58. The molecule has 0 aromatic heterocycles. The number of rotatable bonds is 3. The van der Waals surface area contributed by atoms with Crippen LogP contribution in [0.4, 0.5) is 0 Å². The van der Waals surface area contributed by atoms with Crippen LogP contribution in [-0.4, -0.2) is 18.9 Å². The van der Waals surface area contributed by atoms with Gasteiger partial charge in [-0.05, 0) is 40.0 Å². The predicted molar refractivity (Wildman–Crippen MR) is 64.7 cm³/mol. The van der Waals surface area contributed by atoms with E-state index in [0.717, 1.165) is 25.7 Å². The summed E-state index contributed by atoms with van der Waals surface area (Å²) in [5.74, 6) is 0.143. The van der Waals surface area contributed by atoms with E-state index in [9.17, 15) is 13.7 Å². The van der Waals surface area contributed by atoms with Gasteiger partial charge in [-0.1, -0.05) is 12.8 Å². The molecule has 0 bridgehead atoms. The molecule has 4 heteroatoms. The first kappa shape index (κ1) is 13.5. The summed E-state index contributed by atoms with van der Waals surface area (Å²) in [5.41, 5.74) is -0.363.